The number of nitrogens with two attached hydrogens (primary N) is 1. The fourth-order valence-corrected chi connectivity index (χ4v) is 6.74. The summed E-state index contributed by atoms with van der Waals surface area (Å²) in [6, 6.07) is 10.3. The number of aromatic nitrogens is 4. The number of hydrogen-bond donors (Lipinski definition) is 3. The van der Waals surface area contributed by atoms with Gasteiger partial charge in [0, 0.05) is 13.0 Å². The minimum atomic E-state index is -4.74. The van der Waals surface area contributed by atoms with Crippen molar-refractivity contribution in [2.75, 3.05) is 32.2 Å². The topological polar surface area (TPSA) is 220 Å². The summed E-state index contributed by atoms with van der Waals surface area (Å²) in [4.78, 5) is 18.5. The normalized spacial score (nSPS) is 20.5. The van der Waals surface area contributed by atoms with Crippen LogP contribution in [0.5, 0.6) is 5.75 Å². The van der Waals surface area contributed by atoms with Crippen molar-refractivity contribution < 1.29 is 37.8 Å². The van der Waals surface area contributed by atoms with E-state index in [4.69, 9.17) is 34.3 Å². The Bertz CT molecular complexity index is 1630. The molecular weight excluding hydrogens is 677 g/mol. The first kappa shape index (κ1) is 40.1. The molecule has 1 fully saturated rings. The average molecular weight is 728 g/mol. The molecule has 0 spiro atoms. The van der Waals surface area contributed by atoms with E-state index in [1.807, 2.05) is 12.1 Å². The number of phosphoric ester groups is 1. The van der Waals surface area contributed by atoms with E-state index in [2.05, 4.69) is 22.0 Å². The van der Waals surface area contributed by atoms with E-state index in [0.29, 0.717) is 23.6 Å². The van der Waals surface area contributed by atoms with Gasteiger partial charge in [0.2, 0.25) is 0 Å². The number of hydrogen-bond acceptors (Lipinski definition) is 13. The number of nitrogen functional groups attached to an aromatic ring is 1. The van der Waals surface area contributed by atoms with Gasteiger partial charge in [-0.05, 0) is 30.7 Å². The molecule has 15 nitrogen and oxygen atoms in total. The van der Waals surface area contributed by atoms with Crippen LogP contribution < -0.4 is 10.5 Å². The second-order valence-corrected chi connectivity index (χ2v) is 14.3. The molecule has 1 aliphatic heterocycles. The van der Waals surface area contributed by atoms with E-state index in [9.17, 15) is 19.8 Å². The number of nitriles is 2. The van der Waals surface area contributed by atoms with Crippen molar-refractivity contribution >= 4 is 19.2 Å². The highest BCUT2D eigenvalue weighted by Gasteiger charge is 2.49. The van der Waals surface area contributed by atoms with Gasteiger partial charge in [0.25, 0.3) is 0 Å². The summed E-state index contributed by atoms with van der Waals surface area (Å²) in [6.45, 7) is 1.72. The Morgan fingerprint density at radius 2 is 1.73 bits per heavy atom. The SMILES string of the molecule is CCCCCCCCCCCCCCOC[C@H](COP(=O)(O)OC[C@]1(C#N)C[C@@H](O)C(c2ccc3c(N)ncnn23)O1)Oc1ccc(C#N)nc1. The molecule has 3 aromatic heterocycles. The number of aliphatic hydroxyl groups excluding tert-OH is 1. The predicted octanol–water partition coefficient (Wildman–Crippen LogP) is 5.96. The summed E-state index contributed by atoms with van der Waals surface area (Å²) < 4.78 is 42.6. The Balaban J connectivity index is 1.23. The van der Waals surface area contributed by atoms with E-state index >= 15 is 0 Å². The summed E-state index contributed by atoms with van der Waals surface area (Å²) >= 11 is 0. The molecule has 1 aliphatic rings. The first-order valence-corrected chi connectivity index (χ1v) is 19.3. The summed E-state index contributed by atoms with van der Waals surface area (Å²) in [5, 5.41) is 34.0. The van der Waals surface area contributed by atoms with Crippen LogP contribution in [0.15, 0.2) is 36.8 Å². The molecule has 0 aliphatic carbocycles. The van der Waals surface area contributed by atoms with Crippen LogP contribution >= 0.6 is 7.82 Å². The maximum Gasteiger partial charge on any atom is 0.472 e. The highest BCUT2D eigenvalue weighted by molar-refractivity contribution is 7.47. The monoisotopic (exact) mass is 727 g/mol. The van der Waals surface area contributed by atoms with E-state index in [0.717, 1.165) is 19.3 Å². The average Bonchev–Trinajstić information content (AvgIpc) is 3.71. The van der Waals surface area contributed by atoms with Gasteiger partial charge in [-0.3, -0.25) is 9.05 Å². The molecule has 0 radical (unpaired) electrons. The summed E-state index contributed by atoms with van der Waals surface area (Å²) in [5.41, 5.74) is 5.29. The van der Waals surface area contributed by atoms with Crippen molar-refractivity contribution in [3.63, 3.8) is 0 Å². The van der Waals surface area contributed by atoms with Gasteiger partial charge in [-0.2, -0.15) is 15.6 Å². The quantitative estimate of drug-likeness (QED) is 0.0716. The molecular formula is C35H50N7O8P. The van der Waals surface area contributed by atoms with Gasteiger partial charge in [0.1, 0.15) is 54.2 Å². The lowest BCUT2D eigenvalue weighted by Crippen LogP contribution is -2.33. The molecule has 16 heteroatoms. The van der Waals surface area contributed by atoms with Gasteiger partial charge in [-0.15, -0.1) is 0 Å². The van der Waals surface area contributed by atoms with Crippen molar-refractivity contribution in [3.8, 4) is 17.9 Å². The van der Waals surface area contributed by atoms with Crippen LogP contribution in [0.25, 0.3) is 5.52 Å². The molecule has 0 aromatic carbocycles. The predicted molar refractivity (Wildman–Crippen MR) is 187 cm³/mol. The number of ether oxygens (including phenoxy) is 3. The first-order chi connectivity index (χ1) is 24.7. The van der Waals surface area contributed by atoms with Crippen LogP contribution in [0, 0.1) is 22.7 Å². The maximum atomic E-state index is 13.0. The van der Waals surface area contributed by atoms with E-state index < -0.39 is 44.9 Å². The zero-order valence-corrected chi connectivity index (χ0v) is 30.2. The van der Waals surface area contributed by atoms with Gasteiger partial charge in [-0.25, -0.2) is 19.0 Å². The Kier molecular flexibility index (Phi) is 16.0. The van der Waals surface area contributed by atoms with Crippen molar-refractivity contribution in [1.82, 2.24) is 19.6 Å². The summed E-state index contributed by atoms with van der Waals surface area (Å²) in [7, 11) is -4.74. The third kappa shape index (κ3) is 12.5. The van der Waals surface area contributed by atoms with Crippen LogP contribution in [0.2, 0.25) is 0 Å². The minimum Gasteiger partial charge on any atom is -0.484 e. The molecule has 3 aromatic rings. The third-order valence-corrected chi connectivity index (χ3v) is 9.66. The van der Waals surface area contributed by atoms with Crippen LogP contribution in [-0.4, -0.2) is 73.8 Å². The van der Waals surface area contributed by atoms with Crippen molar-refractivity contribution in [1.29, 1.82) is 10.5 Å². The lowest BCUT2D eigenvalue weighted by molar-refractivity contribution is -0.0528. The van der Waals surface area contributed by atoms with Gasteiger partial charge in [-0.1, -0.05) is 77.6 Å². The molecule has 0 bridgehead atoms. The van der Waals surface area contributed by atoms with E-state index in [1.165, 1.54) is 80.9 Å². The molecule has 0 saturated carbocycles. The molecule has 0 amide bonds. The largest absolute Gasteiger partial charge is 0.484 e. The number of phosphoric acid groups is 1. The van der Waals surface area contributed by atoms with Gasteiger partial charge in [0.15, 0.2) is 11.4 Å². The zero-order chi connectivity index (χ0) is 36.5. The summed E-state index contributed by atoms with van der Waals surface area (Å²) in [5.74, 6) is 0.544. The Morgan fingerprint density at radius 3 is 2.37 bits per heavy atom. The minimum absolute atomic E-state index is 0.0521. The number of nitrogens with zero attached hydrogens (tertiary/aromatic N) is 6. The Hall–Kier alpha value is -3.66. The lowest BCUT2D eigenvalue weighted by Gasteiger charge is -2.24. The van der Waals surface area contributed by atoms with Gasteiger partial charge < -0.3 is 29.9 Å². The van der Waals surface area contributed by atoms with Crippen LogP contribution in [-0.2, 0) is 23.1 Å². The number of fused-ring (bicyclic) bond motifs is 1. The van der Waals surface area contributed by atoms with E-state index in [1.54, 1.807) is 18.2 Å². The molecule has 4 N–H and O–H groups in total. The Labute approximate surface area is 299 Å². The second-order valence-electron chi connectivity index (χ2n) is 12.8. The van der Waals surface area contributed by atoms with Gasteiger partial charge >= 0.3 is 7.82 Å². The van der Waals surface area contributed by atoms with Crippen molar-refractivity contribution in [2.45, 2.75) is 114 Å². The highest BCUT2D eigenvalue weighted by Crippen LogP contribution is 2.47. The van der Waals surface area contributed by atoms with Crippen LogP contribution in [0.3, 0.4) is 0 Å². The number of rotatable bonds is 24. The standard InChI is InChI=1S/C35H50N7O8P/c1-2-3-4-5-6-7-8-9-10-11-12-13-18-46-22-29(49-28-15-14-27(20-36)39-21-28)23-47-51(44,45)48-25-35(24-37)19-32(43)33(50-35)30-16-17-31-34(38)40-26-41-42(30)31/h14-17,21,26,29,32-33,43H,2-13,18-19,22-23,25H2,1H3,(H,44,45)(H2,38,40,41)/t29-,32-,33?,35-/m1/s1. The number of aliphatic hydroxyl groups is 1. The Morgan fingerprint density at radius 1 is 1.02 bits per heavy atom. The molecule has 4 rings (SSSR count). The molecule has 1 saturated heterocycles. The number of unbranched alkanes of at least 4 members (excludes halogenated alkanes) is 11. The smallest absolute Gasteiger partial charge is 0.472 e. The molecule has 278 valence electrons. The van der Waals surface area contributed by atoms with Crippen molar-refractivity contribution in [3.05, 3.63) is 48.2 Å². The zero-order valence-electron chi connectivity index (χ0n) is 29.3. The first-order valence-electron chi connectivity index (χ1n) is 17.8. The number of pyridine rings is 1. The third-order valence-electron chi connectivity index (χ3n) is 8.73. The second kappa shape index (κ2) is 20.4. The maximum absolute atomic E-state index is 13.0. The number of anilines is 1. The molecule has 5 atom stereocenters. The molecule has 51 heavy (non-hydrogen) atoms. The fourth-order valence-electron chi connectivity index (χ4n) is 5.94. The van der Waals surface area contributed by atoms with Crippen molar-refractivity contribution in [2.24, 2.45) is 0 Å². The molecule has 2 unspecified atom stereocenters. The van der Waals surface area contributed by atoms with Gasteiger partial charge in [0.05, 0.1) is 31.2 Å². The van der Waals surface area contributed by atoms with Crippen LogP contribution in [0.4, 0.5) is 5.82 Å². The lowest BCUT2D eigenvalue weighted by atomic mass is 10.0. The fraction of sp³-hybridized carbons (Fsp3) is 0.629. The molecule has 4 heterocycles. The van der Waals surface area contributed by atoms with E-state index in [-0.39, 0.29) is 24.5 Å². The highest BCUT2D eigenvalue weighted by atomic mass is 31.2. The van der Waals surface area contributed by atoms with Crippen LogP contribution in [0.1, 0.15) is 108 Å². The summed E-state index contributed by atoms with van der Waals surface area (Å²) in [6.07, 6.45) is 14.2.